The molecule has 5 heteroatoms. The lowest BCUT2D eigenvalue weighted by atomic mass is 10.2. The Labute approximate surface area is 70.9 Å². The minimum atomic E-state index is -0.509. The summed E-state index contributed by atoms with van der Waals surface area (Å²) < 4.78 is 0. The van der Waals surface area contributed by atoms with Crippen molar-refractivity contribution in [3.05, 3.63) is 0 Å². The van der Waals surface area contributed by atoms with Crippen molar-refractivity contribution in [2.45, 2.75) is 19.4 Å². The molecule has 0 aromatic rings. The first kappa shape index (κ1) is 8.83. The second-order valence-electron chi connectivity index (χ2n) is 2.86. The highest BCUT2D eigenvalue weighted by Crippen LogP contribution is 2.04. The molecular formula is C7H13N3O2. The average molecular weight is 171 g/mol. The molecule has 1 aliphatic rings. The van der Waals surface area contributed by atoms with Crippen molar-refractivity contribution in [1.29, 1.82) is 0 Å². The van der Waals surface area contributed by atoms with E-state index in [1.54, 1.807) is 6.92 Å². The van der Waals surface area contributed by atoms with Crippen molar-refractivity contribution in [2.24, 2.45) is 5.73 Å². The van der Waals surface area contributed by atoms with Crippen LogP contribution in [0.15, 0.2) is 0 Å². The number of rotatable bonds is 2. The Kier molecular flexibility index (Phi) is 2.52. The summed E-state index contributed by atoms with van der Waals surface area (Å²) in [5.41, 5.74) is 5.07. The van der Waals surface area contributed by atoms with Crippen LogP contribution in [0.25, 0.3) is 0 Å². The molecule has 0 bridgehead atoms. The molecule has 1 aliphatic heterocycles. The molecule has 0 spiro atoms. The van der Waals surface area contributed by atoms with Gasteiger partial charge in [0.05, 0.1) is 0 Å². The van der Waals surface area contributed by atoms with Gasteiger partial charge in [-0.25, -0.2) is 4.79 Å². The lowest BCUT2D eigenvalue weighted by Crippen LogP contribution is -2.54. The summed E-state index contributed by atoms with van der Waals surface area (Å²) >= 11 is 0. The Morgan fingerprint density at radius 3 is 2.92 bits per heavy atom. The number of carbonyl (C=O) groups is 2. The molecule has 0 radical (unpaired) electrons. The van der Waals surface area contributed by atoms with Crippen LogP contribution in [0.1, 0.15) is 13.3 Å². The quantitative estimate of drug-likeness (QED) is 0.575. The molecule has 5 nitrogen and oxygen atoms in total. The van der Waals surface area contributed by atoms with Crippen LogP contribution in [-0.2, 0) is 4.79 Å². The van der Waals surface area contributed by atoms with E-state index in [-0.39, 0.29) is 6.03 Å². The molecule has 0 saturated carbocycles. The lowest BCUT2D eigenvalue weighted by molar-refractivity contribution is -0.121. The van der Waals surface area contributed by atoms with Crippen molar-refractivity contribution < 1.29 is 9.59 Å². The van der Waals surface area contributed by atoms with Gasteiger partial charge in [0.25, 0.3) is 0 Å². The Hall–Kier alpha value is -1.26. The second-order valence-corrected chi connectivity index (χ2v) is 2.86. The zero-order chi connectivity index (χ0) is 9.14. The summed E-state index contributed by atoms with van der Waals surface area (Å²) in [6, 6.07) is -0.710. The molecule has 3 N–H and O–H groups in total. The zero-order valence-electron chi connectivity index (χ0n) is 7.04. The predicted octanol–water partition coefficient (Wildman–Crippen LogP) is -0.724. The van der Waals surface area contributed by atoms with E-state index in [1.807, 2.05) is 0 Å². The third-order valence-electron chi connectivity index (χ3n) is 1.99. The van der Waals surface area contributed by atoms with E-state index in [2.05, 4.69) is 5.32 Å². The first-order chi connectivity index (χ1) is 5.63. The monoisotopic (exact) mass is 171 g/mol. The molecule has 1 fully saturated rings. The summed E-state index contributed by atoms with van der Waals surface area (Å²) in [4.78, 5) is 23.3. The highest BCUT2D eigenvalue weighted by molar-refractivity contribution is 5.85. The number of nitrogens with two attached hydrogens (primary N) is 1. The maximum Gasteiger partial charge on any atom is 0.318 e. The van der Waals surface area contributed by atoms with Gasteiger partial charge in [0, 0.05) is 13.1 Å². The van der Waals surface area contributed by atoms with E-state index in [0.29, 0.717) is 13.1 Å². The van der Waals surface area contributed by atoms with E-state index in [1.165, 1.54) is 4.90 Å². The van der Waals surface area contributed by atoms with Gasteiger partial charge < -0.3 is 16.0 Å². The molecule has 1 saturated heterocycles. The van der Waals surface area contributed by atoms with Crippen LogP contribution < -0.4 is 11.1 Å². The van der Waals surface area contributed by atoms with Crippen molar-refractivity contribution in [1.82, 2.24) is 10.2 Å². The van der Waals surface area contributed by atoms with Crippen molar-refractivity contribution in [3.8, 4) is 0 Å². The number of nitrogens with one attached hydrogen (secondary N) is 1. The van der Waals surface area contributed by atoms with Crippen LogP contribution in [0, 0.1) is 0 Å². The largest absolute Gasteiger partial charge is 0.368 e. The van der Waals surface area contributed by atoms with Crippen LogP contribution >= 0.6 is 0 Å². The Morgan fingerprint density at radius 2 is 2.42 bits per heavy atom. The van der Waals surface area contributed by atoms with Gasteiger partial charge in [-0.15, -0.1) is 0 Å². The lowest BCUT2D eigenvalue weighted by Gasteiger charge is -2.30. The topological polar surface area (TPSA) is 75.4 Å². The first-order valence-corrected chi connectivity index (χ1v) is 3.96. The van der Waals surface area contributed by atoms with Gasteiger partial charge in [0.2, 0.25) is 5.91 Å². The molecule has 1 heterocycles. The van der Waals surface area contributed by atoms with Crippen LogP contribution in [0.3, 0.4) is 0 Å². The maximum absolute atomic E-state index is 11.1. The first-order valence-electron chi connectivity index (χ1n) is 3.96. The third kappa shape index (κ3) is 1.66. The third-order valence-corrected chi connectivity index (χ3v) is 1.99. The number of amides is 3. The number of hydrogen-bond acceptors (Lipinski definition) is 2. The number of hydrogen-bond donors (Lipinski definition) is 2. The van der Waals surface area contributed by atoms with Crippen molar-refractivity contribution >= 4 is 11.9 Å². The summed E-state index contributed by atoms with van der Waals surface area (Å²) in [5, 5.41) is 2.65. The number of primary amides is 1. The van der Waals surface area contributed by atoms with E-state index in [9.17, 15) is 9.59 Å². The second kappa shape index (κ2) is 3.42. The Morgan fingerprint density at radius 1 is 1.75 bits per heavy atom. The molecule has 12 heavy (non-hydrogen) atoms. The van der Waals surface area contributed by atoms with Crippen molar-refractivity contribution in [2.75, 3.05) is 13.1 Å². The molecule has 68 valence electrons. The van der Waals surface area contributed by atoms with Gasteiger partial charge in [-0.05, 0) is 13.3 Å². The van der Waals surface area contributed by atoms with Crippen molar-refractivity contribution in [3.63, 3.8) is 0 Å². The predicted molar refractivity (Wildman–Crippen MR) is 43.4 cm³/mol. The fourth-order valence-electron chi connectivity index (χ4n) is 1.17. The summed E-state index contributed by atoms with van der Waals surface area (Å²) in [6.07, 6.45) is 0.864. The van der Waals surface area contributed by atoms with E-state index < -0.39 is 11.9 Å². The number of nitrogens with zero attached hydrogens (tertiary/aromatic N) is 1. The average Bonchev–Trinajstić information content (AvgIpc) is 2.04. The fourth-order valence-corrected chi connectivity index (χ4v) is 1.17. The van der Waals surface area contributed by atoms with Gasteiger partial charge in [0.1, 0.15) is 6.04 Å². The minimum Gasteiger partial charge on any atom is -0.368 e. The normalized spacial score (nSPS) is 20.1. The fraction of sp³-hybridized carbons (Fsp3) is 0.714. The Balaban J connectivity index is 2.59. The molecular weight excluding hydrogens is 158 g/mol. The zero-order valence-corrected chi connectivity index (χ0v) is 7.04. The molecule has 3 amide bonds. The highest BCUT2D eigenvalue weighted by Gasteiger charge is 2.25. The van der Waals surface area contributed by atoms with Gasteiger partial charge in [-0.3, -0.25) is 4.79 Å². The smallest absolute Gasteiger partial charge is 0.318 e. The van der Waals surface area contributed by atoms with Crippen LogP contribution in [-0.4, -0.2) is 36.0 Å². The standard InChI is InChI=1S/C7H13N3O2/c1-5(6(8)11)10-4-2-3-9-7(10)12/h5H,2-4H2,1H3,(H2,8,11)(H,9,12)/t5-/m0/s1. The maximum atomic E-state index is 11.1. The molecule has 0 aliphatic carbocycles. The van der Waals surface area contributed by atoms with Crippen LogP contribution in [0.2, 0.25) is 0 Å². The van der Waals surface area contributed by atoms with E-state index >= 15 is 0 Å². The minimum absolute atomic E-state index is 0.201. The summed E-state index contributed by atoms with van der Waals surface area (Å²) in [6.45, 7) is 2.92. The number of urea groups is 1. The molecule has 0 unspecified atom stereocenters. The van der Waals surface area contributed by atoms with Crippen LogP contribution in [0.4, 0.5) is 4.79 Å². The van der Waals surface area contributed by atoms with Gasteiger partial charge in [-0.2, -0.15) is 0 Å². The SMILES string of the molecule is C[C@@H](C(N)=O)N1CCCNC1=O. The van der Waals surface area contributed by atoms with Gasteiger partial charge in [-0.1, -0.05) is 0 Å². The molecule has 0 aromatic heterocycles. The summed E-state index contributed by atoms with van der Waals surface area (Å²) in [5.74, 6) is -0.466. The highest BCUT2D eigenvalue weighted by atomic mass is 16.2. The molecule has 1 rings (SSSR count). The Bertz CT molecular complexity index is 205. The van der Waals surface area contributed by atoms with Gasteiger partial charge >= 0.3 is 6.03 Å². The van der Waals surface area contributed by atoms with E-state index in [4.69, 9.17) is 5.73 Å². The summed E-state index contributed by atoms with van der Waals surface area (Å²) in [7, 11) is 0. The van der Waals surface area contributed by atoms with Crippen LogP contribution in [0.5, 0.6) is 0 Å². The molecule has 0 aromatic carbocycles. The molecule has 1 atom stereocenters. The van der Waals surface area contributed by atoms with Gasteiger partial charge in [0.15, 0.2) is 0 Å². The van der Waals surface area contributed by atoms with E-state index in [0.717, 1.165) is 6.42 Å². The number of carbonyl (C=O) groups excluding carboxylic acids is 2.